The van der Waals surface area contributed by atoms with Crippen LogP contribution in [0.5, 0.6) is 0 Å². The lowest BCUT2D eigenvalue weighted by Gasteiger charge is -2.38. The van der Waals surface area contributed by atoms with Crippen molar-refractivity contribution in [2.75, 3.05) is 18.1 Å². The maximum atomic E-state index is 11.3. The quantitative estimate of drug-likeness (QED) is 0.770. The Bertz CT molecular complexity index is 486. The predicted molar refractivity (Wildman–Crippen MR) is 81.9 cm³/mol. The third kappa shape index (κ3) is 3.94. The Morgan fingerprint density at radius 3 is 2.71 bits per heavy atom. The highest BCUT2D eigenvalue weighted by molar-refractivity contribution is 5.88. The highest BCUT2D eigenvalue weighted by atomic mass is 16.4. The molecule has 1 aromatic heterocycles. The van der Waals surface area contributed by atoms with Crippen molar-refractivity contribution in [2.24, 2.45) is 0 Å². The topological polar surface area (TPSA) is 73.7 Å². The lowest BCUT2D eigenvalue weighted by Crippen LogP contribution is -2.41. The van der Waals surface area contributed by atoms with Crippen molar-refractivity contribution < 1.29 is 15.0 Å². The van der Waals surface area contributed by atoms with Crippen LogP contribution in [0.3, 0.4) is 0 Å². The number of hydrogen-bond acceptors (Lipinski definition) is 4. The van der Waals surface area contributed by atoms with Crippen molar-refractivity contribution in [2.45, 2.75) is 51.5 Å². The average Bonchev–Trinajstić information content (AvgIpc) is 2.41. The fraction of sp³-hybridized carbons (Fsp3) is 0.625. The molecule has 0 bridgehead atoms. The fourth-order valence-corrected chi connectivity index (χ4v) is 2.65. The Morgan fingerprint density at radius 2 is 2.19 bits per heavy atom. The molecule has 0 saturated heterocycles. The van der Waals surface area contributed by atoms with Gasteiger partial charge in [0.2, 0.25) is 0 Å². The number of carbonyl (C=O) groups is 1. The molecule has 21 heavy (non-hydrogen) atoms. The van der Waals surface area contributed by atoms with Crippen LogP contribution in [0.25, 0.3) is 0 Å². The van der Waals surface area contributed by atoms with E-state index < -0.39 is 5.97 Å². The number of carboxylic acid groups (broad SMARTS) is 1. The van der Waals surface area contributed by atoms with Gasteiger partial charge in [-0.2, -0.15) is 0 Å². The third-order valence-electron chi connectivity index (χ3n) is 3.98. The first-order chi connectivity index (χ1) is 10.2. The predicted octanol–water partition coefficient (Wildman–Crippen LogP) is 2.47. The summed E-state index contributed by atoms with van der Waals surface area (Å²) < 4.78 is 0. The molecule has 0 unspecified atom stereocenters. The van der Waals surface area contributed by atoms with E-state index in [2.05, 4.69) is 16.8 Å². The van der Waals surface area contributed by atoms with E-state index in [9.17, 15) is 9.90 Å². The van der Waals surface area contributed by atoms with E-state index in [0.717, 1.165) is 43.7 Å². The number of carboxylic acids is 1. The maximum Gasteiger partial charge on any atom is 0.335 e. The zero-order valence-corrected chi connectivity index (χ0v) is 12.6. The fourth-order valence-electron chi connectivity index (χ4n) is 2.65. The van der Waals surface area contributed by atoms with Crippen molar-refractivity contribution in [3.8, 4) is 0 Å². The van der Waals surface area contributed by atoms with Gasteiger partial charge in [0, 0.05) is 24.9 Å². The smallest absolute Gasteiger partial charge is 0.335 e. The van der Waals surface area contributed by atoms with E-state index in [4.69, 9.17) is 5.11 Å². The van der Waals surface area contributed by atoms with Crippen LogP contribution in [0.4, 0.5) is 5.82 Å². The number of aromatic carboxylic acids is 1. The summed E-state index contributed by atoms with van der Waals surface area (Å²) >= 11 is 0. The van der Waals surface area contributed by atoms with E-state index in [1.54, 1.807) is 12.1 Å². The number of aliphatic hydroxyl groups excluding tert-OH is 1. The molecule has 0 atom stereocenters. The van der Waals surface area contributed by atoms with Crippen molar-refractivity contribution >= 4 is 11.8 Å². The minimum Gasteiger partial charge on any atom is -0.478 e. The first-order valence-electron chi connectivity index (χ1n) is 7.77. The van der Waals surface area contributed by atoms with Gasteiger partial charge in [0.1, 0.15) is 5.82 Å². The van der Waals surface area contributed by atoms with Gasteiger partial charge in [-0.3, -0.25) is 0 Å². The number of nitrogens with zero attached hydrogens (tertiary/aromatic N) is 2. The second-order valence-corrected chi connectivity index (χ2v) is 5.62. The number of hydrogen-bond donors (Lipinski definition) is 2. The molecule has 2 rings (SSSR count). The van der Waals surface area contributed by atoms with Gasteiger partial charge in [-0.25, -0.2) is 9.78 Å². The van der Waals surface area contributed by atoms with Crippen molar-refractivity contribution in [1.82, 2.24) is 4.98 Å². The Kier molecular flexibility index (Phi) is 5.56. The molecule has 2 N–H and O–H groups in total. The molecule has 0 amide bonds. The number of aromatic nitrogens is 1. The lowest BCUT2D eigenvalue weighted by atomic mass is 9.91. The van der Waals surface area contributed by atoms with Crippen LogP contribution in [-0.4, -0.2) is 40.4 Å². The molecule has 1 aromatic rings. The highest BCUT2D eigenvalue weighted by Crippen LogP contribution is 2.29. The second kappa shape index (κ2) is 7.41. The monoisotopic (exact) mass is 292 g/mol. The van der Waals surface area contributed by atoms with E-state index in [-0.39, 0.29) is 6.61 Å². The Balaban J connectivity index is 2.30. The SMILES string of the molecule is CCCc1cc(C(=O)O)cc(N(CCCO)C2CCC2)n1. The molecule has 0 aromatic carbocycles. The minimum absolute atomic E-state index is 0.143. The van der Waals surface area contributed by atoms with E-state index >= 15 is 0 Å². The zero-order chi connectivity index (χ0) is 15.2. The molecule has 1 aliphatic rings. The molecular formula is C16H24N2O3. The molecule has 0 aliphatic heterocycles. The molecule has 1 saturated carbocycles. The van der Waals surface area contributed by atoms with Crippen molar-refractivity contribution in [1.29, 1.82) is 0 Å². The van der Waals surface area contributed by atoms with Gasteiger partial charge >= 0.3 is 5.97 Å². The van der Waals surface area contributed by atoms with Crippen LogP contribution in [-0.2, 0) is 6.42 Å². The Hall–Kier alpha value is -1.62. The van der Waals surface area contributed by atoms with Gasteiger partial charge in [0.05, 0.1) is 5.56 Å². The van der Waals surface area contributed by atoms with Gasteiger partial charge in [0.25, 0.3) is 0 Å². The van der Waals surface area contributed by atoms with Gasteiger partial charge in [0.15, 0.2) is 0 Å². The summed E-state index contributed by atoms with van der Waals surface area (Å²) in [5, 5.41) is 18.4. The average molecular weight is 292 g/mol. The molecule has 116 valence electrons. The minimum atomic E-state index is -0.910. The summed E-state index contributed by atoms with van der Waals surface area (Å²) in [5.74, 6) is -0.164. The van der Waals surface area contributed by atoms with Crippen LogP contribution in [0.1, 0.15) is 55.1 Å². The van der Waals surface area contributed by atoms with E-state index in [0.29, 0.717) is 18.0 Å². The van der Waals surface area contributed by atoms with Crippen molar-refractivity contribution in [3.05, 3.63) is 23.4 Å². The van der Waals surface area contributed by atoms with E-state index in [1.807, 2.05) is 0 Å². The van der Waals surface area contributed by atoms with Gasteiger partial charge in [-0.05, 0) is 44.2 Å². The standard InChI is InChI=1S/C16H24N2O3/c1-2-5-13-10-12(16(20)21)11-15(17-13)18(8-4-9-19)14-6-3-7-14/h10-11,14,19H,2-9H2,1H3,(H,20,21). The van der Waals surface area contributed by atoms with Crippen molar-refractivity contribution in [3.63, 3.8) is 0 Å². The number of rotatable bonds is 8. The highest BCUT2D eigenvalue weighted by Gasteiger charge is 2.26. The summed E-state index contributed by atoms with van der Waals surface area (Å²) in [6.07, 6.45) is 5.85. The maximum absolute atomic E-state index is 11.3. The number of pyridine rings is 1. The first kappa shape index (κ1) is 15.8. The number of aliphatic hydroxyl groups is 1. The number of aryl methyl sites for hydroxylation is 1. The molecule has 0 spiro atoms. The van der Waals surface area contributed by atoms with Gasteiger partial charge in [-0.15, -0.1) is 0 Å². The summed E-state index contributed by atoms with van der Waals surface area (Å²) in [5.41, 5.74) is 1.14. The Morgan fingerprint density at radius 1 is 1.43 bits per heavy atom. The molecule has 1 heterocycles. The largest absolute Gasteiger partial charge is 0.478 e. The molecule has 0 radical (unpaired) electrons. The number of anilines is 1. The Labute approximate surface area is 125 Å². The van der Waals surface area contributed by atoms with E-state index in [1.165, 1.54) is 6.42 Å². The first-order valence-corrected chi connectivity index (χ1v) is 7.77. The normalized spacial score (nSPS) is 14.8. The summed E-state index contributed by atoms with van der Waals surface area (Å²) in [6.45, 7) is 2.93. The molecule has 5 heteroatoms. The van der Waals surface area contributed by atoms with Crippen LogP contribution >= 0.6 is 0 Å². The lowest BCUT2D eigenvalue weighted by molar-refractivity contribution is 0.0696. The van der Waals surface area contributed by atoms with Gasteiger partial charge < -0.3 is 15.1 Å². The summed E-state index contributed by atoms with van der Waals surface area (Å²) in [4.78, 5) is 18.1. The van der Waals surface area contributed by atoms with Crippen LogP contribution in [0, 0.1) is 0 Å². The molecule has 1 fully saturated rings. The van der Waals surface area contributed by atoms with Gasteiger partial charge in [-0.1, -0.05) is 13.3 Å². The third-order valence-corrected chi connectivity index (χ3v) is 3.98. The van der Waals surface area contributed by atoms with Crippen LogP contribution in [0.15, 0.2) is 12.1 Å². The molecule has 5 nitrogen and oxygen atoms in total. The van der Waals surface area contributed by atoms with Crippen LogP contribution in [0.2, 0.25) is 0 Å². The summed E-state index contributed by atoms with van der Waals surface area (Å²) in [6, 6.07) is 3.76. The van der Waals surface area contributed by atoms with Crippen LogP contribution < -0.4 is 4.90 Å². The summed E-state index contributed by atoms with van der Waals surface area (Å²) in [7, 11) is 0. The second-order valence-electron chi connectivity index (χ2n) is 5.62. The molecular weight excluding hydrogens is 268 g/mol. The molecule has 1 aliphatic carbocycles. The zero-order valence-electron chi connectivity index (χ0n) is 12.6.